The molecule has 1 aromatic rings. The van der Waals surface area contributed by atoms with E-state index in [4.69, 9.17) is 0 Å². The third-order valence-electron chi connectivity index (χ3n) is 4.27. The lowest BCUT2D eigenvalue weighted by atomic mass is 10.0. The molecule has 0 radical (unpaired) electrons. The molecule has 19 heavy (non-hydrogen) atoms. The molecule has 1 N–H and O–H groups in total. The zero-order valence-electron chi connectivity index (χ0n) is 11.4. The molecule has 2 heterocycles. The molecule has 0 amide bonds. The summed E-state index contributed by atoms with van der Waals surface area (Å²) >= 11 is 0. The second-order valence-electron chi connectivity index (χ2n) is 5.55. The van der Waals surface area contributed by atoms with Gasteiger partial charge in [0.1, 0.15) is 0 Å². The standard InChI is InChI=1S/C17H22N2/c1-2-7-15(8-3-1)9-5-13-19-14-6-11-17(19)16-10-4-12-18-16/h1-3,7-8,16-18H,4,6,10-14H2. The third kappa shape index (κ3) is 3.18. The first-order valence-corrected chi connectivity index (χ1v) is 7.45. The number of benzene rings is 1. The number of nitrogens with zero attached hydrogens (tertiary/aromatic N) is 1. The highest BCUT2D eigenvalue weighted by Crippen LogP contribution is 2.24. The zero-order valence-corrected chi connectivity index (χ0v) is 11.4. The van der Waals surface area contributed by atoms with Crippen LogP contribution in [0.2, 0.25) is 0 Å². The smallest absolute Gasteiger partial charge is 0.0608 e. The van der Waals surface area contributed by atoms with Crippen molar-refractivity contribution < 1.29 is 0 Å². The molecule has 2 aliphatic rings. The number of nitrogens with one attached hydrogen (secondary N) is 1. The molecule has 2 atom stereocenters. The van der Waals surface area contributed by atoms with Crippen LogP contribution in [0, 0.1) is 11.8 Å². The van der Waals surface area contributed by atoms with Gasteiger partial charge in [-0.25, -0.2) is 0 Å². The van der Waals surface area contributed by atoms with Crippen molar-refractivity contribution in [1.29, 1.82) is 0 Å². The van der Waals surface area contributed by atoms with Gasteiger partial charge in [-0.15, -0.1) is 0 Å². The van der Waals surface area contributed by atoms with Crippen LogP contribution in [0.5, 0.6) is 0 Å². The van der Waals surface area contributed by atoms with Crippen molar-refractivity contribution in [2.45, 2.75) is 37.8 Å². The first-order valence-electron chi connectivity index (χ1n) is 7.45. The number of rotatable bonds is 2. The zero-order chi connectivity index (χ0) is 12.9. The average molecular weight is 254 g/mol. The maximum absolute atomic E-state index is 3.65. The van der Waals surface area contributed by atoms with Gasteiger partial charge in [-0.1, -0.05) is 30.0 Å². The highest BCUT2D eigenvalue weighted by Gasteiger charge is 2.32. The van der Waals surface area contributed by atoms with E-state index in [0.29, 0.717) is 12.1 Å². The van der Waals surface area contributed by atoms with E-state index in [-0.39, 0.29) is 0 Å². The number of likely N-dealkylation sites (tertiary alicyclic amines) is 1. The summed E-state index contributed by atoms with van der Waals surface area (Å²) in [7, 11) is 0. The van der Waals surface area contributed by atoms with E-state index in [1.165, 1.54) is 38.8 Å². The van der Waals surface area contributed by atoms with Gasteiger partial charge in [0.15, 0.2) is 0 Å². The van der Waals surface area contributed by atoms with Gasteiger partial charge in [0, 0.05) is 17.6 Å². The molecular weight excluding hydrogens is 232 g/mol. The molecule has 0 aliphatic carbocycles. The summed E-state index contributed by atoms with van der Waals surface area (Å²) in [5.74, 6) is 6.62. The molecule has 2 saturated heterocycles. The molecule has 0 spiro atoms. The normalized spacial score (nSPS) is 27.2. The summed E-state index contributed by atoms with van der Waals surface area (Å²) in [4.78, 5) is 2.57. The Balaban J connectivity index is 1.58. The molecule has 1 aromatic carbocycles. The average Bonchev–Trinajstić information content (AvgIpc) is 3.10. The first-order chi connectivity index (χ1) is 9.43. The summed E-state index contributed by atoms with van der Waals surface area (Å²) in [6, 6.07) is 11.7. The van der Waals surface area contributed by atoms with E-state index in [2.05, 4.69) is 34.2 Å². The lowest BCUT2D eigenvalue weighted by Gasteiger charge is -2.27. The van der Waals surface area contributed by atoms with Crippen LogP contribution in [0.1, 0.15) is 31.2 Å². The summed E-state index contributed by atoms with van der Waals surface area (Å²) in [6.07, 6.45) is 5.35. The van der Waals surface area contributed by atoms with Gasteiger partial charge in [0.05, 0.1) is 6.54 Å². The highest BCUT2D eigenvalue weighted by molar-refractivity contribution is 5.33. The molecule has 2 unspecified atom stereocenters. The highest BCUT2D eigenvalue weighted by atomic mass is 15.2. The summed E-state index contributed by atoms with van der Waals surface area (Å²) in [5, 5.41) is 3.65. The van der Waals surface area contributed by atoms with Gasteiger partial charge in [-0.05, 0) is 50.9 Å². The van der Waals surface area contributed by atoms with Gasteiger partial charge in [0.25, 0.3) is 0 Å². The molecule has 3 rings (SSSR count). The fourth-order valence-corrected chi connectivity index (χ4v) is 3.31. The minimum absolute atomic E-state index is 0.709. The Labute approximate surface area is 116 Å². The van der Waals surface area contributed by atoms with Crippen molar-refractivity contribution in [1.82, 2.24) is 10.2 Å². The first kappa shape index (κ1) is 12.7. The predicted molar refractivity (Wildman–Crippen MR) is 78.9 cm³/mol. The molecule has 0 aromatic heterocycles. The monoisotopic (exact) mass is 254 g/mol. The van der Waals surface area contributed by atoms with Crippen LogP contribution >= 0.6 is 0 Å². The summed E-state index contributed by atoms with van der Waals surface area (Å²) in [6.45, 7) is 3.33. The molecule has 2 nitrogen and oxygen atoms in total. The number of hydrogen-bond acceptors (Lipinski definition) is 2. The van der Waals surface area contributed by atoms with Crippen LogP contribution in [-0.2, 0) is 0 Å². The molecular formula is C17H22N2. The molecule has 100 valence electrons. The molecule has 2 aliphatic heterocycles. The fourth-order valence-electron chi connectivity index (χ4n) is 3.31. The molecule has 0 bridgehead atoms. The molecule has 2 heteroatoms. The van der Waals surface area contributed by atoms with E-state index in [9.17, 15) is 0 Å². The fraction of sp³-hybridized carbons (Fsp3) is 0.529. The Morgan fingerprint density at radius 1 is 1.16 bits per heavy atom. The van der Waals surface area contributed by atoms with E-state index in [0.717, 1.165) is 12.1 Å². The van der Waals surface area contributed by atoms with Gasteiger partial charge in [0.2, 0.25) is 0 Å². The Hall–Kier alpha value is -1.30. The minimum atomic E-state index is 0.709. The van der Waals surface area contributed by atoms with Crippen LogP contribution in [0.4, 0.5) is 0 Å². The maximum Gasteiger partial charge on any atom is 0.0608 e. The Kier molecular flexibility index (Phi) is 4.17. The lowest BCUT2D eigenvalue weighted by molar-refractivity contribution is 0.238. The van der Waals surface area contributed by atoms with E-state index in [1.807, 2.05) is 18.2 Å². The van der Waals surface area contributed by atoms with Crippen molar-refractivity contribution in [3.63, 3.8) is 0 Å². The van der Waals surface area contributed by atoms with Crippen LogP contribution < -0.4 is 5.32 Å². The summed E-state index contributed by atoms with van der Waals surface area (Å²) in [5.41, 5.74) is 1.12. The van der Waals surface area contributed by atoms with Crippen molar-refractivity contribution in [2.24, 2.45) is 0 Å². The molecule has 2 fully saturated rings. The van der Waals surface area contributed by atoms with Crippen molar-refractivity contribution in [2.75, 3.05) is 19.6 Å². The molecule has 0 saturated carbocycles. The summed E-state index contributed by atoms with van der Waals surface area (Å²) < 4.78 is 0. The second kappa shape index (κ2) is 6.23. The van der Waals surface area contributed by atoms with Crippen molar-refractivity contribution in [3.05, 3.63) is 35.9 Å². The van der Waals surface area contributed by atoms with E-state index >= 15 is 0 Å². The van der Waals surface area contributed by atoms with Gasteiger partial charge < -0.3 is 5.32 Å². The van der Waals surface area contributed by atoms with E-state index in [1.54, 1.807) is 0 Å². The van der Waals surface area contributed by atoms with E-state index < -0.39 is 0 Å². The Bertz CT molecular complexity index is 451. The van der Waals surface area contributed by atoms with Gasteiger partial charge in [-0.2, -0.15) is 0 Å². The largest absolute Gasteiger partial charge is 0.312 e. The van der Waals surface area contributed by atoms with Crippen LogP contribution in [0.25, 0.3) is 0 Å². The Morgan fingerprint density at radius 2 is 2.05 bits per heavy atom. The lowest BCUT2D eigenvalue weighted by Crippen LogP contribution is -2.43. The van der Waals surface area contributed by atoms with Crippen LogP contribution in [-0.4, -0.2) is 36.6 Å². The third-order valence-corrected chi connectivity index (χ3v) is 4.27. The van der Waals surface area contributed by atoms with Crippen LogP contribution in [0.3, 0.4) is 0 Å². The quantitative estimate of drug-likeness (QED) is 0.814. The van der Waals surface area contributed by atoms with Crippen molar-refractivity contribution >= 4 is 0 Å². The van der Waals surface area contributed by atoms with Gasteiger partial charge in [-0.3, -0.25) is 4.90 Å². The SMILES string of the molecule is C(#Cc1ccccc1)CN1CCCC1C1CCCN1. The predicted octanol–water partition coefficient (Wildman–Crippen LogP) is 2.25. The second-order valence-corrected chi connectivity index (χ2v) is 5.55. The Morgan fingerprint density at radius 3 is 2.84 bits per heavy atom. The topological polar surface area (TPSA) is 15.3 Å². The maximum atomic E-state index is 3.65. The minimum Gasteiger partial charge on any atom is -0.312 e. The van der Waals surface area contributed by atoms with Gasteiger partial charge >= 0.3 is 0 Å². The van der Waals surface area contributed by atoms with Crippen LogP contribution in [0.15, 0.2) is 30.3 Å². The number of hydrogen-bond donors (Lipinski definition) is 1. The van der Waals surface area contributed by atoms with Crippen molar-refractivity contribution in [3.8, 4) is 11.8 Å².